The van der Waals surface area contributed by atoms with E-state index in [-0.39, 0.29) is 0 Å². The minimum absolute atomic E-state index is 0.555. The van der Waals surface area contributed by atoms with Crippen molar-refractivity contribution in [2.75, 3.05) is 0 Å². The predicted octanol–water partition coefficient (Wildman–Crippen LogP) is 1.76. The summed E-state index contributed by atoms with van der Waals surface area (Å²) in [6, 6.07) is 0. The highest BCUT2D eigenvalue weighted by Crippen LogP contribution is 2.12. The van der Waals surface area contributed by atoms with Crippen molar-refractivity contribution in [3.63, 3.8) is 0 Å². The van der Waals surface area contributed by atoms with Crippen LogP contribution < -0.4 is 5.73 Å². The number of nitrogens with two attached hydrogens (primary N) is 1. The Bertz CT molecular complexity index is 82.5. The van der Waals surface area contributed by atoms with Crippen LogP contribution in [0.3, 0.4) is 0 Å². The first kappa shape index (κ1) is 8.24. The van der Waals surface area contributed by atoms with E-state index in [1.54, 1.807) is 11.8 Å². The van der Waals surface area contributed by atoms with Crippen molar-refractivity contribution in [3.8, 4) is 0 Å². The quantitative estimate of drug-likeness (QED) is 0.606. The third-order valence-electron chi connectivity index (χ3n) is 0.892. The minimum atomic E-state index is 0.555. The second-order valence-corrected chi connectivity index (χ2v) is 3.83. The highest BCUT2D eigenvalue weighted by Gasteiger charge is 1.98. The first-order valence-electron chi connectivity index (χ1n) is 2.63. The Morgan fingerprint density at radius 1 is 1.88 bits per heavy atom. The van der Waals surface area contributed by atoms with Gasteiger partial charge in [-0.25, -0.2) is 0 Å². The van der Waals surface area contributed by atoms with Gasteiger partial charge >= 0.3 is 0 Å². The SMILES string of the molecule is CCC(C)SC(N)=S. The smallest absolute Gasteiger partial charge is 0.131 e. The standard InChI is InChI=1S/C5H11NS2/c1-3-4(2)8-5(6)7/h4H,3H2,1-2H3,(H2,6,7). The maximum Gasteiger partial charge on any atom is 0.131 e. The highest BCUT2D eigenvalue weighted by molar-refractivity contribution is 8.23. The van der Waals surface area contributed by atoms with E-state index < -0.39 is 0 Å². The van der Waals surface area contributed by atoms with Crippen LogP contribution in [-0.4, -0.2) is 9.57 Å². The van der Waals surface area contributed by atoms with Gasteiger partial charge in [0.25, 0.3) is 0 Å². The van der Waals surface area contributed by atoms with Crippen LogP contribution >= 0.6 is 24.0 Å². The fourth-order valence-corrected chi connectivity index (χ4v) is 1.34. The maximum atomic E-state index is 5.26. The Kier molecular flexibility index (Phi) is 4.28. The molecule has 0 rings (SSSR count). The predicted molar refractivity (Wildman–Crippen MR) is 44.1 cm³/mol. The third kappa shape index (κ3) is 4.40. The molecule has 0 radical (unpaired) electrons. The molecule has 0 saturated heterocycles. The molecule has 0 aliphatic rings. The third-order valence-corrected chi connectivity index (χ3v) is 2.15. The molecule has 0 heterocycles. The summed E-state index contributed by atoms with van der Waals surface area (Å²) in [5, 5.41) is 0.576. The van der Waals surface area contributed by atoms with Crippen molar-refractivity contribution in [3.05, 3.63) is 0 Å². The van der Waals surface area contributed by atoms with Crippen LogP contribution in [-0.2, 0) is 0 Å². The van der Waals surface area contributed by atoms with Gasteiger partial charge in [-0.3, -0.25) is 0 Å². The first-order valence-corrected chi connectivity index (χ1v) is 3.91. The minimum Gasteiger partial charge on any atom is -0.385 e. The zero-order valence-electron chi connectivity index (χ0n) is 5.18. The van der Waals surface area contributed by atoms with Crippen molar-refractivity contribution < 1.29 is 0 Å². The number of thioether (sulfide) groups is 1. The Labute approximate surface area is 60.0 Å². The van der Waals surface area contributed by atoms with E-state index in [0.717, 1.165) is 6.42 Å². The maximum absolute atomic E-state index is 5.26. The van der Waals surface area contributed by atoms with Crippen LogP contribution in [0.25, 0.3) is 0 Å². The molecular weight excluding hydrogens is 138 g/mol. The lowest BCUT2D eigenvalue weighted by Gasteiger charge is -2.03. The van der Waals surface area contributed by atoms with Gasteiger partial charge in [-0.1, -0.05) is 37.8 Å². The van der Waals surface area contributed by atoms with E-state index in [9.17, 15) is 0 Å². The number of thiocarbonyl (C=S) groups is 1. The molecule has 0 aromatic carbocycles. The normalized spacial score (nSPS) is 13.2. The van der Waals surface area contributed by atoms with Gasteiger partial charge in [0.1, 0.15) is 4.32 Å². The van der Waals surface area contributed by atoms with E-state index in [0.29, 0.717) is 9.57 Å². The van der Waals surface area contributed by atoms with E-state index >= 15 is 0 Å². The van der Waals surface area contributed by atoms with Gasteiger partial charge in [0.2, 0.25) is 0 Å². The van der Waals surface area contributed by atoms with Crippen LogP contribution in [0, 0.1) is 0 Å². The summed E-state index contributed by atoms with van der Waals surface area (Å²) >= 11 is 6.24. The average molecular weight is 149 g/mol. The van der Waals surface area contributed by atoms with Gasteiger partial charge in [-0.05, 0) is 6.42 Å². The van der Waals surface area contributed by atoms with Gasteiger partial charge in [0, 0.05) is 5.25 Å². The molecule has 0 saturated carbocycles. The number of hydrogen-bond acceptors (Lipinski definition) is 2. The molecule has 48 valence electrons. The summed E-state index contributed by atoms with van der Waals surface area (Å²) in [6.07, 6.45) is 1.13. The molecule has 0 aliphatic heterocycles. The lowest BCUT2D eigenvalue weighted by Crippen LogP contribution is -2.07. The molecule has 0 aromatic rings. The highest BCUT2D eigenvalue weighted by atomic mass is 32.2. The second-order valence-electron chi connectivity index (χ2n) is 1.66. The molecule has 0 bridgehead atoms. The fraction of sp³-hybridized carbons (Fsp3) is 0.800. The monoisotopic (exact) mass is 149 g/mol. The molecule has 0 amide bonds. The van der Waals surface area contributed by atoms with Gasteiger partial charge in [-0.15, -0.1) is 0 Å². The first-order chi connectivity index (χ1) is 3.66. The molecule has 0 spiro atoms. The second kappa shape index (κ2) is 4.15. The molecule has 0 fully saturated rings. The summed E-state index contributed by atoms with van der Waals surface area (Å²) in [7, 11) is 0. The molecule has 1 atom stereocenters. The van der Waals surface area contributed by atoms with E-state index in [1.165, 1.54) is 0 Å². The Morgan fingerprint density at radius 3 is 2.50 bits per heavy atom. The molecule has 0 aliphatic carbocycles. The largest absolute Gasteiger partial charge is 0.385 e. The topological polar surface area (TPSA) is 26.0 Å². The Hall–Kier alpha value is 0.240. The Morgan fingerprint density at radius 2 is 2.38 bits per heavy atom. The summed E-state index contributed by atoms with van der Waals surface area (Å²) < 4.78 is 0.555. The van der Waals surface area contributed by atoms with Gasteiger partial charge in [0.05, 0.1) is 0 Å². The van der Waals surface area contributed by atoms with Crippen molar-refractivity contribution in [2.45, 2.75) is 25.5 Å². The van der Waals surface area contributed by atoms with Gasteiger partial charge in [-0.2, -0.15) is 0 Å². The van der Waals surface area contributed by atoms with Crippen LogP contribution in [0.15, 0.2) is 0 Å². The van der Waals surface area contributed by atoms with Crippen LogP contribution in [0.5, 0.6) is 0 Å². The van der Waals surface area contributed by atoms with Gasteiger partial charge < -0.3 is 5.73 Å². The van der Waals surface area contributed by atoms with E-state index in [1.807, 2.05) is 0 Å². The summed E-state index contributed by atoms with van der Waals surface area (Å²) in [5.74, 6) is 0. The average Bonchev–Trinajstić information content (AvgIpc) is 1.65. The molecule has 8 heavy (non-hydrogen) atoms. The van der Waals surface area contributed by atoms with Crippen LogP contribution in [0.2, 0.25) is 0 Å². The zero-order chi connectivity index (χ0) is 6.57. The van der Waals surface area contributed by atoms with Crippen LogP contribution in [0.1, 0.15) is 20.3 Å². The van der Waals surface area contributed by atoms with Crippen molar-refractivity contribution >= 4 is 28.3 Å². The summed E-state index contributed by atoms with van der Waals surface area (Å²) in [5.41, 5.74) is 5.26. The zero-order valence-corrected chi connectivity index (χ0v) is 6.81. The fourth-order valence-electron chi connectivity index (χ4n) is 0.282. The lowest BCUT2D eigenvalue weighted by molar-refractivity contribution is 0.911. The van der Waals surface area contributed by atoms with Crippen LogP contribution in [0.4, 0.5) is 0 Å². The van der Waals surface area contributed by atoms with E-state index in [2.05, 4.69) is 26.1 Å². The van der Waals surface area contributed by atoms with Crippen molar-refractivity contribution in [1.29, 1.82) is 0 Å². The number of rotatable bonds is 2. The molecule has 1 nitrogen and oxygen atoms in total. The summed E-state index contributed by atoms with van der Waals surface area (Å²) in [4.78, 5) is 0. The molecular formula is C5H11NS2. The van der Waals surface area contributed by atoms with Crippen molar-refractivity contribution in [1.82, 2.24) is 0 Å². The van der Waals surface area contributed by atoms with Crippen molar-refractivity contribution in [2.24, 2.45) is 5.73 Å². The Balaban J connectivity index is 3.24. The van der Waals surface area contributed by atoms with Gasteiger partial charge in [0.15, 0.2) is 0 Å². The lowest BCUT2D eigenvalue weighted by atomic mass is 10.4. The molecule has 0 aromatic heterocycles. The number of hydrogen-bond donors (Lipinski definition) is 1. The summed E-state index contributed by atoms with van der Waals surface area (Å²) in [6.45, 7) is 4.24. The molecule has 1 unspecified atom stereocenters. The van der Waals surface area contributed by atoms with E-state index in [4.69, 9.17) is 5.73 Å². The molecule has 3 heteroatoms. The molecule has 2 N–H and O–H groups in total.